The Morgan fingerprint density at radius 2 is 2.04 bits per heavy atom. The van der Waals surface area contributed by atoms with Crippen LogP contribution in [0, 0.1) is 0 Å². The molecule has 2 aliphatic heterocycles. The lowest BCUT2D eigenvalue weighted by molar-refractivity contribution is -0.118. The molecule has 1 amide bonds. The fourth-order valence-electron chi connectivity index (χ4n) is 3.39. The zero-order valence-corrected chi connectivity index (χ0v) is 18.1. The van der Waals surface area contributed by atoms with Crippen LogP contribution in [-0.2, 0) is 22.8 Å². The third kappa shape index (κ3) is 8.79. The summed E-state index contributed by atoms with van der Waals surface area (Å²) in [5.74, 6) is 0.0459. The van der Waals surface area contributed by atoms with E-state index in [1.807, 2.05) is 0 Å². The van der Waals surface area contributed by atoms with Crippen molar-refractivity contribution in [3.63, 3.8) is 0 Å². The Bertz CT molecular complexity index is 424. The molecule has 2 heterocycles. The molecule has 0 saturated carbocycles. The SMILES string of the molecule is CC(=O)NCCC[Si]1(C)CCCCO[Si](C)(CCCOCC2CO2)O1. The van der Waals surface area contributed by atoms with E-state index in [0.29, 0.717) is 6.10 Å². The number of epoxide rings is 1. The molecule has 25 heavy (non-hydrogen) atoms. The summed E-state index contributed by atoms with van der Waals surface area (Å²) >= 11 is 0. The van der Waals surface area contributed by atoms with Crippen molar-refractivity contribution in [2.45, 2.75) is 69.9 Å². The third-order valence-corrected chi connectivity index (χ3v) is 13.4. The van der Waals surface area contributed by atoms with Gasteiger partial charge >= 0.3 is 8.56 Å². The molecular formula is C17H35NO5Si2. The van der Waals surface area contributed by atoms with Crippen molar-refractivity contribution in [3.8, 4) is 0 Å². The van der Waals surface area contributed by atoms with E-state index in [9.17, 15) is 4.79 Å². The summed E-state index contributed by atoms with van der Waals surface area (Å²) in [4.78, 5) is 11.0. The molecule has 0 aromatic rings. The Labute approximate surface area is 154 Å². The second-order valence-corrected chi connectivity index (χ2v) is 15.5. The first-order chi connectivity index (χ1) is 11.9. The van der Waals surface area contributed by atoms with E-state index in [1.54, 1.807) is 6.92 Å². The molecule has 8 heteroatoms. The molecule has 0 aromatic carbocycles. The largest absolute Gasteiger partial charge is 0.436 e. The molecule has 2 aliphatic rings. The van der Waals surface area contributed by atoms with Crippen molar-refractivity contribution in [3.05, 3.63) is 0 Å². The molecular weight excluding hydrogens is 354 g/mol. The molecule has 2 fully saturated rings. The highest BCUT2D eigenvalue weighted by atomic mass is 28.4. The molecule has 2 rings (SSSR count). The number of amides is 1. The van der Waals surface area contributed by atoms with Crippen molar-refractivity contribution >= 4 is 22.8 Å². The second-order valence-electron chi connectivity index (χ2n) is 7.71. The van der Waals surface area contributed by atoms with Crippen LogP contribution in [0.5, 0.6) is 0 Å². The summed E-state index contributed by atoms with van der Waals surface area (Å²) < 4.78 is 23.8. The van der Waals surface area contributed by atoms with Gasteiger partial charge in [0, 0.05) is 26.7 Å². The number of rotatable bonds is 10. The van der Waals surface area contributed by atoms with Gasteiger partial charge < -0.3 is 23.3 Å². The van der Waals surface area contributed by atoms with Crippen LogP contribution in [0.3, 0.4) is 0 Å². The van der Waals surface area contributed by atoms with Crippen LogP contribution in [0.1, 0.15) is 32.6 Å². The number of carbonyl (C=O) groups excluding carboxylic acids is 1. The van der Waals surface area contributed by atoms with Crippen molar-refractivity contribution in [2.75, 3.05) is 33.0 Å². The molecule has 0 bridgehead atoms. The maximum atomic E-state index is 11.0. The van der Waals surface area contributed by atoms with Gasteiger partial charge in [-0.05, 0) is 50.5 Å². The van der Waals surface area contributed by atoms with Gasteiger partial charge in [0.15, 0.2) is 8.32 Å². The molecule has 0 aromatic heterocycles. The molecule has 146 valence electrons. The molecule has 6 nitrogen and oxygen atoms in total. The first-order valence-corrected chi connectivity index (χ1v) is 15.0. The highest BCUT2D eigenvalue weighted by Gasteiger charge is 2.41. The zero-order chi connectivity index (χ0) is 18.2. The summed E-state index contributed by atoms with van der Waals surface area (Å²) in [6, 6.07) is 3.29. The van der Waals surface area contributed by atoms with Gasteiger partial charge in [-0.3, -0.25) is 4.79 Å². The lowest BCUT2D eigenvalue weighted by Gasteiger charge is -2.40. The second kappa shape index (κ2) is 10.2. The van der Waals surface area contributed by atoms with E-state index in [2.05, 4.69) is 18.4 Å². The monoisotopic (exact) mass is 389 g/mol. The lowest BCUT2D eigenvalue weighted by atomic mass is 10.4. The van der Waals surface area contributed by atoms with Crippen molar-refractivity contribution in [2.24, 2.45) is 0 Å². The van der Waals surface area contributed by atoms with E-state index in [-0.39, 0.29) is 5.91 Å². The van der Waals surface area contributed by atoms with Gasteiger partial charge in [0.1, 0.15) is 6.10 Å². The first kappa shape index (κ1) is 21.0. The Hall–Kier alpha value is -0.256. The van der Waals surface area contributed by atoms with Gasteiger partial charge in [0.05, 0.1) is 13.2 Å². The highest BCUT2D eigenvalue weighted by Crippen LogP contribution is 2.31. The van der Waals surface area contributed by atoms with Crippen LogP contribution in [0.15, 0.2) is 0 Å². The lowest BCUT2D eigenvalue weighted by Crippen LogP contribution is -2.51. The van der Waals surface area contributed by atoms with Crippen LogP contribution in [0.2, 0.25) is 31.2 Å². The van der Waals surface area contributed by atoms with E-state index in [0.717, 1.165) is 64.3 Å². The summed E-state index contributed by atoms with van der Waals surface area (Å²) in [5, 5.41) is 2.89. The Morgan fingerprint density at radius 3 is 2.76 bits per heavy atom. The van der Waals surface area contributed by atoms with E-state index >= 15 is 0 Å². The molecule has 3 atom stereocenters. The average molecular weight is 390 g/mol. The van der Waals surface area contributed by atoms with Gasteiger partial charge in [-0.25, -0.2) is 0 Å². The van der Waals surface area contributed by atoms with E-state index in [4.69, 9.17) is 18.0 Å². The van der Waals surface area contributed by atoms with Gasteiger partial charge in [0.2, 0.25) is 5.91 Å². The fourth-order valence-corrected chi connectivity index (χ4v) is 12.7. The smallest absolute Gasteiger partial charge is 0.324 e. The fraction of sp³-hybridized carbons (Fsp3) is 0.941. The average Bonchev–Trinajstić information content (AvgIpc) is 3.33. The molecule has 0 radical (unpaired) electrons. The minimum absolute atomic E-state index is 0.0459. The molecule has 0 aliphatic carbocycles. The van der Waals surface area contributed by atoms with Crippen LogP contribution in [0.4, 0.5) is 0 Å². The van der Waals surface area contributed by atoms with Crippen molar-refractivity contribution in [1.82, 2.24) is 5.32 Å². The van der Waals surface area contributed by atoms with Crippen LogP contribution >= 0.6 is 0 Å². The summed E-state index contributed by atoms with van der Waals surface area (Å²) in [6.07, 6.45) is 4.65. The van der Waals surface area contributed by atoms with Crippen molar-refractivity contribution < 1.29 is 22.8 Å². The maximum absolute atomic E-state index is 11.0. The molecule has 1 N–H and O–H groups in total. The number of ether oxygens (including phenoxy) is 2. The Morgan fingerprint density at radius 1 is 1.24 bits per heavy atom. The summed E-state index contributed by atoms with van der Waals surface area (Å²) in [5.41, 5.74) is 0. The number of hydrogen-bond donors (Lipinski definition) is 1. The van der Waals surface area contributed by atoms with Crippen molar-refractivity contribution in [1.29, 1.82) is 0 Å². The topological polar surface area (TPSA) is 69.3 Å². The van der Waals surface area contributed by atoms with Crippen LogP contribution < -0.4 is 5.32 Å². The highest BCUT2D eigenvalue weighted by molar-refractivity contribution is 6.83. The zero-order valence-electron chi connectivity index (χ0n) is 16.1. The van der Waals surface area contributed by atoms with Crippen LogP contribution in [0.25, 0.3) is 0 Å². The predicted molar refractivity (Wildman–Crippen MR) is 102 cm³/mol. The molecule has 3 unspecified atom stereocenters. The summed E-state index contributed by atoms with van der Waals surface area (Å²) in [6.45, 7) is 10.0. The van der Waals surface area contributed by atoms with Gasteiger partial charge in [-0.2, -0.15) is 0 Å². The van der Waals surface area contributed by atoms with Gasteiger partial charge in [0.25, 0.3) is 0 Å². The number of hydrogen-bond acceptors (Lipinski definition) is 5. The minimum atomic E-state index is -2.13. The normalized spacial score (nSPS) is 32.7. The maximum Gasteiger partial charge on any atom is 0.324 e. The van der Waals surface area contributed by atoms with E-state index in [1.165, 1.54) is 12.5 Å². The van der Waals surface area contributed by atoms with Gasteiger partial charge in [-0.1, -0.05) is 6.42 Å². The Balaban J connectivity index is 1.76. The third-order valence-electron chi connectivity index (χ3n) is 4.85. The molecule has 0 spiro atoms. The van der Waals surface area contributed by atoms with Crippen LogP contribution in [-0.4, -0.2) is 61.9 Å². The number of nitrogens with one attached hydrogen (secondary N) is 1. The molecule has 2 saturated heterocycles. The number of carbonyl (C=O) groups is 1. The summed E-state index contributed by atoms with van der Waals surface area (Å²) in [7, 11) is -3.91. The Kier molecular flexibility index (Phi) is 8.57. The standard InChI is InChI=1S/C17H35NO5Si2/c1-16(19)18-8-6-12-24(2)11-5-4-10-22-25(3,23-24)13-7-9-20-14-17-15-21-17/h17H,4-15H2,1-3H3,(H,18,19). The minimum Gasteiger partial charge on any atom is -0.436 e. The first-order valence-electron chi connectivity index (χ1n) is 9.69. The van der Waals surface area contributed by atoms with E-state index < -0.39 is 16.9 Å². The quantitative estimate of drug-likeness (QED) is 0.353. The predicted octanol–water partition coefficient (Wildman–Crippen LogP) is 2.79. The van der Waals surface area contributed by atoms with Gasteiger partial charge in [-0.15, -0.1) is 0 Å².